The molecule has 112 valence electrons. The van der Waals surface area contributed by atoms with Crippen molar-refractivity contribution in [2.45, 2.75) is 52.1 Å². The molecule has 3 nitrogen and oxygen atoms in total. The Balaban J connectivity index is 1.78. The maximum atomic E-state index is 4.66. The maximum absolute atomic E-state index is 4.66. The SMILES string of the molecule is CCCNCc1cnn(Cc2cccc(C)c2)c1C1CC1. The first kappa shape index (κ1) is 14.3. The van der Waals surface area contributed by atoms with E-state index in [1.54, 1.807) is 0 Å². The minimum Gasteiger partial charge on any atom is -0.313 e. The van der Waals surface area contributed by atoms with Crippen molar-refractivity contribution >= 4 is 0 Å². The quantitative estimate of drug-likeness (QED) is 0.787. The highest BCUT2D eigenvalue weighted by Gasteiger charge is 2.29. The minimum atomic E-state index is 0.732. The summed E-state index contributed by atoms with van der Waals surface area (Å²) in [5.74, 6) is 0.732. The lowest BCUT2D eigenvalue weighted by atomic mass is 10.1. The van der Waals surface area contributed by atoms with Crippen molar-refractivity contribution in [3.63, 3.8) is 0 Å². The molecule has 0 aliphatic heterocycles. The third kappa shape index (κ3) is 3.53. The molecule has 0 bridgehead atoms. The van der Waals surface area contributed by atoms with Gasteiger partial charge in [0.25, 0.3) is 0 Å². The zero-order valence-electron chi connectivity index (χ0n) is 13.1. The lowest BCUT2D eigenvalue weighted by Crippen LogP contribution is -2.15. The van der Waals surface area contributed by atoms with Gasteiger partial charge >= 0.3 is 0 Å². The van der Waals surface area contributed by atoms with Gasteiger partial charge in [0.1, 0.15) is 0 Å². The lowest BCUT2D eigenvalue weighted by molar-refractivity contribution is 0.633. The van der Waals surface area contributed by atoms with Crippen LogP contribution in [0.2, 0.25) is 0 Å². The summed E-state index contributed by atoms with van der Waals surface area (Å²) in [7, 11) is 0. The van der Waals surface area contributed by atoms with Crippen molar-refractivity contribution in [2.24, 2.45) is 0 Å². The molecule has 0 saturated heterocycles. The summed E-state index contributed by atoms with van der Waals surface area (Å²) < 4.78 is 2.22. The Morgan fingerprint density at radius 1 is 1.33 bits per heavy atom. The van der Waals surface area contributed by atoms with Crippen molar-refractivity contribution in [3.05, 3.63) is 52.8 Å². The number of aromatic nitrogens is 2. The number of aryl methyl sites for hydroxylation is 1. The molecule has 0 spiro atoms. The number of benzene rings is 1. The van der Waals surface area contributed by atoms with Gasteiger partial charge in [-0.05, 0) is 38.3 Å². The van der Waals surface area contributed by atoms with Gasteiger partial charge in [0, 0.05) is 23.7 Å². The second-order valence-corrected chi connectivity index (χ2v) is 6.15. The summed E-state index contributed by atoms with van der Waals surface area (Å²) in [5.41, 5.74) is 5.50. The van der Waals surface area contributed by atoms with Crippen molar-refractivity contribution < 1.29 is 0 Å². The maximum Gasteiger partial charge on any atom is 0.0662 e. The second kappa shape index (κ2) is 6.44. The van der Waals surface area contributed by atoms with Crippen LogP contribution in [0.5, 0.6) is 0 Å². The predicted octanol–water partition coefficient (Wildman–Crippen LogP) is 3.62. The van der Waals surface area contributed by atoms with E-state index in [-0.39, 0.29) is 0 Å². The molecule has 1 aliphatic rings. The molecular formula is C18H25N3. The van der Waals surface area contributed by atoms with Crippen LogP contribution in [0.3, 0.4) is 0 Å². The Hall–Kier alpha value is -1.61. The van der Waals surface area contributed by atoms with E-state index in [9.17, 15) is 0 Å². The molecule has 1 aromatic heterocycles. The molecule has 1 saturated carbocycles. The van der Waals surface area contributed by atoms with Crippen LogP contribution in [0.1, 0.15) is 54.5 Å². The average Bonchev–Trinajstić information content (AvgIpc) is 3.23. The van der Waals surface area contributed by atoms with Gasteiger partial charge in [0.15, 0.2) is 0 Å². The summed E-state index contributed by atoms with van der Waals surface area (Å²) in [4.78, 5) is 0. The largest absolute Gasteiger partial charge is 0.313 e. The topological polar surface area (TPSA) is 29.9 Å². The normalized spacial score (nSPS) is 14.6. The van der Waals surface area contributed by atoms with E-state index in [0.29, 0.717) is 0 Å². The molecule has 0 amide bonds. The van der Waals surface area contributed by atoms with Gasteiger partial charge in [-0.3, -0.25) is 4.68 Å². The molecular weight excluding hydrogens is 258 g/mol. The molecule has 0 unspecified atom stereocenters. The third-order valence-electron chi connectivity index (χ3n) is 4.08. The summed E-state index contributed by atoms with van der Waals surface area (Å²) >= 11 is 0. The van der Waals surface area contributed by atoms with Gasteiger partial charge in [-0.25, -0.2) is 0 Å². The zero-order valence-corrected chi connectivity index (χ0v) is 13.1. The number of hydrogen-bond donors (Lipinski definition) is 1. The van der Waals surface area contributed by atoms with Gasteiger partial charge in [-0.2, -0.15) is 5.10 Å². The fraction of sp³-hybridized carbons (Fsp3) is 0.500. The Bertz CT molecular complexity index is 596. The van der Waals surface area contributed by atoms with Gasteiger partial charge in [-0.15, -0.1) is 0 Å². The fourth-order valence-corrected chi connectivity index (χ4v) is 2.91. The fourth-order valence-electron chi connectivity index (χ4n) is 2.91. The Labute approximate surface area is 127 Å². The van der Waals surface area contributed by atoms with E-state index in [1.807, 2.05) is 0 Å². The van der Waals surface area contributed by atoms with Crippen LogP contribution in [0.25, 0.3) is 0 Å². The molecule has 1 fully saturated rings. The van der Waals surface area contributed by atoms with E-state index in [2.05, 4.69) is 59.4 Å². The smallest absolute Gasteiger partial charge is 0.0662 e. The van der Waals surface area contributed by atoms with Gasteiger partial charge in [0.05, 0.1) is 12.7 Å². The van der Waals surface area contributed by atoms with Gasteiger partial charge in [0.2, 0.25) is 0 Å². The summed E-state index contributed by atoms with van der Waals surface area (Å²) in [6, 6.07) is 8.73. The molecule has 0 radical (unpaired) electrons. The molecule has 1 heterocycles. The van der Waals surface area contributed by atoms with E-state index < -0.39 is 0 Å². The minimum absolute atomic E-state index is 0.732. The highest BCUT2D eigenvalue weighted by atomic mass is 15.3. The number of nitrogens with one attached hydrogen (secondary N) is 1. The summed E-state index contributed by atoms with van der Waals surface area (Å²) in [6.45, 7) is 7.27. The Kier molecular flexibility index (Phi) is 4.39. The Morgan fingerprint density at radius 2 is 2.19 bits per heavy atom. The van der Waals surface area contributed by atoms with E-state index in [0.717, 1.165) is 25.6 Å². The van der Waals surface area contributed by atoms with E-state index in [1.165, 1.54) is 41.6 Å². The molecule has 21 heavy (non-hydrogen) atoms. The van der Waals surface area contributed by atoms with Gasteiger partial charge < -0.3 is 5.32 Å². The standard InChI is InChI=1S/C18H25N3/c1-3-9-19-11-17-12-20-21(18(17)16-7-8-16)13-15-6-4-5-14(2)10-15/h4-6,10,12,16,19H,3,7-9,11,13H2,1-2H3. The van der Waals surface area contributed by atoms with Crippen LogP contribution in [0, 0.1) is 6.92 Å². The molecule has 1 aliphatic carbocycles. The predicted molar refractivity (Wildman–Crippen MR) is 86.5 cm³/mol. The van der Waals surface area contributed by atoms with E-state index in [4.69, 9.17) is 0 Å². The summed E-state index contributed by atoms with van der Waals surface area (Å²) in [5, 5.41) is 8.17. The third-order valence-corrected chi connectivity index (χ3v) is 4.08. The number of rotatable bonds is 7. The van der Waals surface area contributed by atoms with Crippen LogP contribution >= 0.6 is 0 Å². The average molecular weight is 283 g/mol. The van der Waals surface area contributed by atoms with Crippen molar-refractivity contribution in [1.29, 1.82) is 0 Å². The Morgan fingerprint density at radius 3 is 2.90 bits per heavy atom. The molecule has 1 aromatic carbocycles. The molecule has 0 atom stereocenters. The monoisotopic (exact) mass is 283 g/mol. The first-order valence-electron chi connectivity index (χ1n) is 8.08. The first-order chi connectivity index (χ1) is 10.3. The highest BCUT2D eigenvalue weighted by molar-refractivity contribution is 5.28. The molecule has 1 N–H and O–H groups in total. The van der Waals surface area contributed by atoms with Crippen LogP contribution in [0.4, 0.5) is 0 Å². The van der Waals surface area contributed by atoms with Gasteiger partial charge in [-0.1, -0.05) is 36.8 Å². The molecule has 2 aromatic rings. The summed E-state index contributed by atoms with van der Waals surface area (Å²) in [6.07, 6.45) is 5.88. The molecule has 3 heteroatoms. The van der Waals surface area contributed by atoms with Crippen LogP contribution in [-0.4, -0.2) is 16.3 Å². The zero-order chi connectivity index (χ0) is 14.7. The number of nitrogens with zero attached hydrogens (tertiary/aromatic N) is 2. The van der Waals surface area contributed by atoms with E-state index >= 15 is 0 Å². The van der Waals surface area contributed by atoms with Crippen molar-refractivity contribution in [1.82, 2.24) is 15.1 Å². The first-order valence-corrected chi connectivity index (χ1v) is 8.08. The number of hydrogen-bond acceptors (Lipinski definition) is 2. The second-order valence-electron chi connectivity index (χ2n) is 6.15. The van der Waals surface area contributed by atoms with Crippen molar-refractivity contribution in [3.8, 4) is 0 Å². The lowest BCUT2D eigenvalue weighted by Gasteiger charge is -2.10. The van der Waals surface area contributed by atoms with Crippen LogP contribution in [0.15, 0.2) is 30.5 Å². The highest BCUT2D eigenvalue weighted by Crippen LogP contribution is 2.41. The van der Waals surface area contributed by atoms with Crippen LogP contribution < -0.4 is 5.32 Å². The molecule has 3 rings (SSSR count). The van der Waals surface area contributed by atoms with Crippen molar-refractivity contribution in [2.75, 3.05) is 6.54 Å². The van der Waals surface area contributed by atoms with Crippen LogP contribution in [-0.2, 0) is 13.1 Å².